The maximum absolute atomic E-state index is 14.2. The van der Waals surface area contributed by atoms with E-state index >= 15 is 0 Å². The molecule has 1 atom stereocenters. The summed E-state index contributed by atoms with van der Waals surface area (Å²) < 4.78 is 27.8. The van der Waals surface area contributed by atoms with Crippen molar-refractivity contribution in [2.45, 2.75) is 51.0 Å². The molecule has 1 amide bonds. The lowest BCUT2D eigenvalue weighted by molar-refractivity contribution is -0.0593. The fourth-order valence-corrected chi connectivity index (χ4v) is 5.79. The SMILES string of the molecule is NC(=O)c1nnc(-c2cc3nc(CN4CCC(c5cccc(OCc6ccc(Cl)cc6F)n5)CC4)n(C[C@@H]4CCO4)c3nn2)[nH]1. The number of primary amides is 1. The number of ether oxygens (including phenoxy) is 2. The quantitative estimate of drug-likeness (QED) is 0.232. The lowest BCUT2D eigenvalue weighted by Gasteiger charge is -2.32. The minimum absolute atomic E-state index is 0.0496. The molecule has 0 unspecified atom stereocenters. The molecule has 45 heavy (non-hydrogen) atoms. The molecular formula is C30H30ClFN10O3. The van der Waals surface area contributed by atoms with Crippen LogP contribution in [0, 0.1) is 5.82 Å². The van der Waals surface area contributed by atoms with E-state index in [1.807, 2.05) is 12.1 Å². The van der Waals surface area contributed by atoms with Gasteiger partial charge in [-0.3, -0.25) is 9.69 Å². The van der Waals surface area contributed by atoms with Gasteiger partial charge in [0.05, 0.1) is 19.2 Å². The summed E-state index contributed by atoms with van der Waals surface area (Å²) in [7, 11) is 0. The minimum atomic E-state index is -0.707. The zero-order valence-electron chi connectivity index (χ0n) is 24.2. The molecule has 0 bridgehead atoms. The van der Waals surface area contributed by atoms with Gasteiger partial charge in [-0.25, -0.2) is 14.4 Å². The number of aromatic amines is 1. The van der Waals surface area contributed by atoms with Gasteiger partial charge in [-0.2, -0.15) is 0 Å². The maximum Gasteiger partial charge on any atom is 0.286 e. The number of piperidine rings is 1. The first-order valence-corrected chi connectivity index (χ1v) is 15.1. The molecule has 3 N–H and O–H groups in total. The van der Waals surface area contributed by atoms with Crippen molar-refractivity contribution < 1.29 is 18.7 Å². The summed E-state index contributed by atoms with van der Waals surface area (Å²) in [5, 5.41) is 16.9. The number of likely N-dealkylation sites (tertiary alicyclic amines) is 1. The highest BCUT2D eigenvalue weighted by molar-refractivity contribution is 6.30. The van der Waals surface area contributed by atoms with Crippen LogP contribution in [0.15, 0.2) is 42.5 Å². The Bertz CT molecular complexity index is 1850. The standard InChI is InChI=1S/C30H30ClFN10O3/c31-19-5-4-18(21(32)12-19)16-45-26-3-1-2-22(35-26)17-6-9-41(10-7-17)15-25-34-24-13-23(28-36-29(27(33)43)39-38-28)37-40-30(24)42(25)14-20-8-11-44-20/h1-5,12-13,17,20H,6-11,14-16H2,(H2,33,43)(H,36,38,39)/t20-/m0/s1. The second-order valence-electron chi connectivity index (χ2n) is 11.2. The Morgan fingerprint density at radius 3 is 2.67 bits per heavy atom. The topological polar surface area (TPSA) is 163 Å². The molecular weight excluding hydrogens is 603 g/mol. The van der Waals surface area contributed by atoms with Crippen molar-refractivity contribution in [1.29, 1.82) is 0 Å². The molecule has 0 saturated carbocycles. The molecule has 7 rings (SSSR count). The van der Waals surface area contributed by atoms with Gasteiger partial charge >= 0.3 is 0 Å². The number of rotatable bonds is 10. The molecule has 6 heterocycles. The lowest BCUT2D eigenvalue weighted by atomic mass is 9.93. The van der Waals surface area contributed by atoms with E-state index in [4.69, 9.17) is 36.8 Å². The Kier molecular flexibility index (Phi) is 8.08. The number of halogens is 2. The van der Waals surface area contributed by atoms with Gasteiger partial charge in [0.15, 0.2) is 11.5 Å². The second-order valence-corrected chi connectivity index (χ2v) is 11.7. The highest BCUT2D eigenvalue weighted by Crippen LogP contribution is 2.30. The predicted octanol–water partition coefficient (Wildman–Crippen LogP) is 3.65. The summed E-state index contributed by atoms with van der Waals surface area (Å²) in [6.45, 7) is 3.83. The van der Waals surface area contributed by atoms with Gasteiger partial charge in [-0.1, -0.05) is 23.7 Å². The molecule has 2 aliphatic heterocycles. The van der Waals surface area contributed by atoms with Crippen molar-refractivity contribution in [2.24, 2.45) is 5.73 Å². The number of imidazole rings is 1. The largest absolute Gasteiger partial charge is 0.473 e. The normalized spacial score (nSPS) is 17.4. The maximum atomic E-state index is 14.2. The smallest absolute Gasteiger partial charge is 0.286 e. The third kappa shape index (κ3) is 6.34. The van der Waals surface area contributed by atoms with Crippen LogP contribution in [0.3, 0.4) is 0 Å². The predicted molar refractivity (Wildman–Crippen MR) is 161 cm³/mol. The molecule has 2 saturated heterocycles. The molecule has 0 aliphatic carbocycles. The van der Waals surface area contributed by atoms with E-state index < -0.39 is 11.7 Å². The van der Waals surface area contributed by atoms with Gasteiger partial charge in [0.2, 0.25) is 11.7 Å². The number of pyridine rings is 1. The fourth-order valence-electron chi connectivity index (χ4n) is 5.64. The van der Waals surface area contributed by atoms with E-state index in [0.29, 0.717) is 52.2 Å². The summed E-state index contributed by atoms with van der Waals surface area (Å²) >= 11 is 5.86. The van der Waals surface area contributed by atoms with Crippen molar-refractivity contribution in [1.82, 2.24) is 44.8 Å². The lowest BCUT2D eigenvalue weighted by Crippen LogP contribution is -2.35. The van der Waals surface area contributed by atoms with Gasteiger partial charge in [-0.15, -0.1) is 20.4 Å². The number of hydrogen-bond donors (Lipinski definition) is 2. The first-order chi connectivity index (χ1) is 21.9. The van der Waals surface area contributed by atoms with E-state index in [1.54, 1.807) is 24.3 Å². The van der Waals surface area contributed by atoms with E-state index in [-0.39, 0.29) is 24.5 Å². The third-order valence-electron chi connectivity index (χ3n) is 8.22. The van der Waals surface area contributed by atoms with Crippen molar-refractivity contribution in [3.63, 3.8) is 0 Å². The molecule has 13 nitrogen and oxygen atoms in total. The molecule has 4 aromatic heterocycles. The average Bonchev–Trinajstić information content (AvgIpc) is 3.64. The van der Waals surface area contributed by atoms with Crippen LogP contribution >= 0.6 is 11.6 Å². The van der Waals surface area contributed by atoms with Gasteiger partial charge < -0.3 is 24.8 Å². The minimum Gasteiger partial charge on any atom is -0.473 e. The Balaban J connectivity index is 1.03. The van der Waals surface area contributed by atoms with Crippen molar-refractivity contribution >= 4 is 28.7 Å². The number of nitrogens with zero attached hydrogens (tertiary/aromatic N) is 8. The number of nitrogens with one attached hydrogen (secondary N) is 1. The second kappa shape index (κ2) is 12.5. The average molecular weight is 633 g/mol. The third-order valence-corrected chi connectivity index (χ3v) is 8.46. The van der Waals surface area contributed by atoms with Crippen molar-refractivity contribution in [2.75, 3.05) is 19.7 Å². The zero-order valence-corrected chi connectivity index (χ0v) is 25.0. The van der Waals surface area contributed by atoms with Crippen LogP contribution in [0.5, 0.6) is 5.88 Å². The van der Waals surface area contributed by atoms with E-state index in [0.717, 1.165) is 50.5 Å². The Morgan fingerprint density at radius 1 is 1.09 bits per heavy atom. The monoisotopic (exact) mass is 632 g/mol. The molecule has 2 aliphatic rings. The highest BCUT2D eigenvalue weighted by atomic mass is 35.5. The van der Waals surface area contributed by atoms with Gasteiger partial charge in [0, 0.05) is 34.9 Å². The Morgan fingerprint density at radius 2 is 1.93 bits per heavy atom. The number of nitrogens with two attached hydrogens (primary N) is 1. The van der Waals surface area contributed by atoms with Crippen LogP contribution in [0.25, 0.3) is 22.7 Å². The number of carbonyl (C=O) groups excluding carboxylic acids is 1. The summed E-state index contributed by atoms with van der Waals surface area (Å²) in [4.78, 5) is 26.3. The van der Waals surface area contributed by atoms with Crippen LogP contribution in [-0.4, -0.2) is 76.5 Å². The molecule has 232 valence electrons. The van der Waals surface area contributed by atoms with Crippen LogP contribution in [0.4, 0.5) is 4.39 Å². The molecule has 15 heteroatoms. The number of hydrogen-bond acceptors (Lipinski definition) is 10. The van der Waals surface area contributed by atoms with Crippen LogP contribution in [0.1, 0.15) is 52.9 Å². The van der Waals surface area contributed by atoms with Gasteiger partial charge in [-0.05, 0) is 56.6 Å². The van der Waals surface area contributed by atoms with Gasteiger partial charge in [0.1, 0.15) is 29.5 Å². The Labute approximate surface area is 261 Å². The molecule has 5 aromatic rings. The summed E-state index contributed by atoms with van der Waals surface area (Å²) in [6.07, 6.45) is 2.93. The highest BCUT2D eigenvalue weighted by Gasteiger charge is 2.27. The number of H-pyrrole nitrogens is 1. The fraction of sp³-hybridized carbons (Fsp3) is 0.367. The number of carbonyl (C=O) groups is 1. The van der Waals surface area contributed by atoms with Crippen molar-refractivity contribution in [3.8, 4) is 17.4 Å². The summed E-state index contributed by atoms with van der Waals surface area (Å²) in [5.41, 5.74) is 8.43. The molecule has 1 aromatic carbocycles. The first kappa shape index (κ1) is 29.2. The van der Waals surface area contributed by atoms with Crippen LogP contribution in [-0.2, 0) is 24.4 Å². The Hall–Kier alpha value is -4.53. The molecule has 0 spiro atoms. The molecule has 2 fully saturated rings. The van der Waals surface area contributed by atoms with Crippen LogP contribution < -0.4 is 10.5 Å². The van der Waals surface area contributed by atoms with Crippen LogP contribution in [0.2, 0.25) is 5.02 Å². The van der Waals surface area contributed by atoms with E-state index in [2.05, 4.69) is 34.8 Å². The van der Waals surface area contributed by atoms with E-state index in [1.165, 1.54) is 6.07 Å². The molecule has 0 radical (unpaired) electrons. The zero-order chi connectivity index (χ0) is 30.9. The summed E-state index contributed by atoms with van der Waals surface area (Å²) in [5.74, 6) is 0.754. The van der Waals surface area contributed by atoms with Gasteiger partial charge in [0.25, 0.3) is 5.91 Å². The van der Waals surface area contributed by atoms with E-state index in [9.17, 15) is 9.18 Å². The number of amides is 1. The summed E-state index contributed by atoms with van der Waals surface area (Å²) in [6, 6.07) is 12.1. The van der Waals surface area contributed by atoms with Crippen molar-refractivity contribution in [3.05, 3.63) is 76.2 Å². The number of fused-ring (bicyclic) bond motifs is 1. The number of aromatic nitrogens is 8. The number of benzene rings is 1. The first-order valence-electron chi connectivity index (χ1n) is 14.7.